The second-order valence-electron chi connectivity index (χ2n) is 5.30. The summed E-state index contributed by atoms with van der Waals surface area (Å²) in [6.07, 6.45) is 0.693. The van der Waals surface area contributed by atoms with Gasteiger partial charge in [0.1, 0.15) is 11.5 Å². The smallest absolute Gasteiger partial charge is 0.306 e. The number of benzene rings is 1. The molecule has 0 aliphatic carbocycles. The summed E-state index contributed by atoms with van der Waals surface area (Å²) in [4.78, 5) is 23.2. The first-order valence-electron chi connectivity index (χ1n) is 7.61. The van der Waals surface area contributed by atoms with Crippen LogP contribution in [0.2, 0.25) is 0 Å². The summed E-state index contributed by atoms with van der Waals surface area (Å²) in [6.45, 7) is 3.74. The van der Waals surface area contributed by atoms with Crippen LogP contribution < -0.4 is 10.1 Å². The number of carbonyl (C=O) groups excluding carboxylic acids is 2. The minimum absolute atomic E-state index is 0.183. The Balaban J connectivity index is 1.58. The van der Waals surface area contributed by atoms with Crippen molar-refractivity contribution in [2.75, 3.05) is 18.5 Å². The molecule has 2 rings (SSSR count). The van der Waals surface area contributed by atoms with Gasteiger partial charge in [0.25, 0.3) is 5.91 Å². The Morgan fingerprint density at radius 1 is 1.25 bits per heavy atom. The zero-order chi connectivity index (χ0) is 17.4. The summed E-state index contributed by atoms with van der Waals surface area (Å²) in [7, 11) is 0. The van der Waals surface area contributed by atoms with E-state index >= 15 is 0 Å². The van der Waals surface area contributed by atoms with Crippen LogP contribution in [-0.4, -0.2) is 30.2 Å². The van der Waals surface area contributed by atoms with E-state index in [2.05, 4.69) is 10.5 Å². The number of nitrogens with zero attached hydrogens (tertiary/aromatic N) is 1. The van der Waals surface area contributed by atoms with Gasteiger partial charge in [-0.05, 0) is 38.0 Å². The Labute approximate surface area is 139 Å². The fourth-order valence-corrected chi connectivity index (χ4v) is 1.93. The molecule has 0 bridgehead atoms. The van der Waals surface area contributed by atoms with Gasteiger partial charge >= 0.3 is 5.97 Å². The molecule has 2 aromatic rings. The Hall–Kier alpha value is -2.83. The third-order valence-electron chi connectivity index (χ3n) is 3.04. The van der Waals surface area contributed by atoms with Crippen molar-refractivity contribution >= 4 is 17.7 Å². The molecule has 0 aliphatic heterocycles. The van der Waals surface area contributed by atoms with Crippen LogP contribution in [0.5, 0.6) is 5.75 Å². The van der Waals surface area contributed by atoms with E-state index < -0.39 is 11.9 Å². The largest absolute Gasteiger partial charge is 0.494 e. The number of hydrogen-bond acceptors (Lipinski definition) is 6. The number of aromatic nitrogens is 1. The number of hydrogen-bond donors (Lipinski definition) is 1. The lowest BCUT2D eigenvalue weighted by Crippen LogP contribution is -2.21. The molecule has 1 N–H and O–H groups in total. The number of amides is 1. The molecule has 1 aromatic heterocycles. The highest BCUT2D eigenvalue weighted by molar-refractivity contribution is 5.91. The highest BCUT2D eigenvalue weighted by Crippen LogP contribution is 2.12. The lowest BCUT2D eigenvalue weighted by atomic mass is 10.2. The average Bonchev–Trinajstić information content (AvgIpc) is 2.94. The fraction of sp³-hybridized carbons (Fsp3) is 0.353. The first kappa shape index (κ1) is 17.5. The van der Waals surface area contributed by atoms with Gasteiger partial charge in [-0.25, -0.2) is 0 Å². The topological polar surface area (TPSA) is 90.7 Å². The zero-order valence-electron chi connectivity index (χ0n) is 13.7. The second-order valence-corrected chi connectivity index (χ2v) is 5.30. The van der Waals surface area contributed by atoms with Crippen molar-refractivity contribution in [1.82, 2.24) is 5.16 Å². The molecule has 0 spiro atoms. The molecular weight excluding hydrogens is 312 g/mol. The minimum Gasteiger partial charge on any atom is -0.494 e. The maximum atomic E-state index is 11.6. The van der Waals surface area contributed by atoms with Crippen molar-refractivity contribution in [1.29, 1.82) is 0 Å². The van der Waals surface area contributed by atoms with E-state index in [9.17, 15) is 9.59 Å². The molecule has 0 saturated carbocycles. The normalized spacial score (nSPS) is 10.2. The SMILES string of the molecule is Cc1cccc(OCCCC(=O)OCC(=O)Nc2cc(C)on2)c1. The van der Waals surface area contributed by atoms with Crippen LogP contribution in [0.25, 0.3) is 0 Å². The van der Waals surface area contributed by atoms with Crippen LogP contribution in [-0.2, 0) is 14.3 Å². The van der Waals surface area contributed by atoms with Gasteiger partial charge in [0.05, 0.1) is 6.61 Å². The summed E-state index contributed by atoms with van der Waals surface area (Å²) in [5.41, 5.74) is 1.11. The number of aryl methyl sites for hydroxylation is 2. The Kier molecular flexibility index (Phi) is 6.36. The Bertz CT molecular complexity index is 696. The van der Waals surface area contributed by atoms with E-state index in [1.165, 1.54) is 0 Å². The van der Waals surface area contributed by atoms with Gasteiger partial charge in [-0.15, -0.1) is 0 Å². The van der Waals surface area contributed by atoms with Crippen LogP contribution in [0.4, 0.5) is 5.82 Å². The third kappa shape index (κ3) is 6.12. The van der Waals surface area contributed by atoms with Gasteiger partial charge in [0.15, 0.2) is 12.4 Å². The summed E-state index contributed by atoms with van der Waals surface area (Å²) in [5, 5.41) is 6.08. The van der Waals surface area contributed by atoms with Gasteiger partial charge in [-0.3, -0.25) is 9.59 Å². The van der Waals surface area contributed by atoms with Gasteiger partial charge in [0, 0.05) is 12.5 Å². The Morgan fingerprint density at radius 3 is 2.79 bits per heavy atom. The Morgan fingerprint density at radius 2 is 2.08 bits per heavy atom. The molecule has 7 heteroatoms. The van der Waals surface area contributed by atoms with Crippen molar-refractivity contribution in [2.24, 2.45) is 0 Å². The van der Waals surface area contributed by atoms with Gasteiger partial charge in [-0.2, -0.15) is 0 Å². The number of nitrogens with one attached hydrogen (secondary N) is 1. The highest BCUT2D eigenvalue weighted by Gasteiger charge is 2.10. The molecule has 7 nitrogen and oxygen atoms in total. The van der Waals surface area contributed by atoms with E-state index in [4.69, 9.17) is 14.0 Å². The summed E-state index contributed by atoms with van der Waals surface area (Å²) in [6, 6.07) is 9.25. The molecule has 0 fully saturated rings. The van der Waals surface area contributed by atoms with Gasteiger partial charge in [0.2, 0.25) is 0 Å². The molecule has 1 heterocycles. The quantitative estimate of drug-likeness (QED) is 0.590. The van der Waals surface area contributed by atoms with E-state index in [0.29, 0.717) is 24.6 Å². The number of anilines is 1. The van der Waals surface area contributed by atoms with Crippen molar-refractivity contribution in [3.8, 4) is 5.75 Å². The van der Waals surface area contributed by atoms with Crippen molar-refractivity contribution in [2.45, 2.75) is 26.7 Å². The number of esters is 1. The van der Waals surface area contributed by atoms with Crippen LogP contribution in [0.3, 0.4) is 0 Å². The van der Waals surface area contributed by atoms with Crippen molar-refractivity contribution in [3.63, 3.8) is 0 Å². The summed E-state index contributed by atoms with van der Waals surface area (Å²) in [5.74, 6) is 0.726. The van der Waals surface area contributed by atoms with Crippen LogP contribution in [0.1, 0.15) is 24.2 Å². The van der Waals surface area contributed by atoms with E-state index in [0.717, 1.165) is 11.3 Å². The molecule has 0 saturated heterocycles. The van der Waals surface area contributed by atoms with Gasteiger partial charge in [-0.1, -0.05) is 17.3 Å². The zero-order valence-corrected chi connectivity index (χ0v) is 13.7. The predicted octanol–water partition coefficient (Wildman–Crippen LogP) is 2.63. The monoisotopic (exact) mass is 332 g/mol. The predicted molar refractivity (Wildman–Crippen MR) is 86.7 cm³/mol. The molecule has 0 aliphatic rings. The molecule has 1 aromatic carbocycles. The third-order valence-corrected chi connectivity index (χ3v) is 3.04. The van der Waals surface area contributed by atoms with Crippen molar-refractivity contribution < 1.29 is 23.6 Å². The molecule has 0 atom stereocenters. The first-order chi connectivity index (χ1) is 11.5. The molecular formula is C17H20N2O5. The summed E-state index contributed by atoms with van der Waals surface area (Å²) < 4.78 is 15.2. The lowest BCUT2D eigenvalue weighted by Gasteiger charge is -2.07. The minimum atomic E-state index is -0.465. The first-order valence-corrected chi connectivity index (χ1v) is 7.61. The average molecular weight is 332 g/mol. The maximum Gasteiger partial charge on any atom is 0.306 e. The molecule has 24 heavy (non-hydrogen) atoms. The number of rotatable bonds is 8. The van der Waals surface area contributed by atoms with Crippen LogP contribution in [0, 0.1) is 13.8 Å². The van der Waals surface area contributed by atoms with Crippen LogP contribution in [0.15, 0.2) is 34.9 Å². The standard InChI is InChI=1S/C17H20N2O5/c1-12-5-3-6-14(9-12)22-8-4-7-17(21)23-11-16(20)18-15-10-13(2)24-19-15/h3,5-6,9-10H,4,7-8,11H2,1-2H3,(H,18,19,20). The van der Waals surface area contributed by atoms with E-state index in [-0.39, 0.29) is 13.0 Å². The van der Waals surface area contributed by atoms with E-state index in [1.54, 1.807) is 13.0 Å². The fourth-order valence-electron chi connectivity index (χ4n) is 1.93. The van der Waals surface area contributed by atoms with Gasteiger partial charge < -0.3 is 19.3 Å². The highest BCUT2D eigenvalue weighted by atomic mass is 16.5. The molecule has 1 amide bonds. The second kappa shape index (κ2) is 8.71. The number of carbonyl (C=O) groups is 2. The molecule has 128 valence electrons. The number of ether oxygens (including phenoxy) is 2. The summed E-state index contributed by atoms with van der Waals surface area (Å²) >= 11 is 0. The maximum absolute atomic E-state index is 11.6. The van der Waals surface area contributed by atoms with Crippen molar-refractivity contribution in [3.05, 3.63) is 41.7 Å². The van der Waals surface area contributed by atoms with Crippen LogP contribution >= 0.6 is 0 Å². The van der Waals surface area contributed by atoms with E-state index in [1.807, 2.05) is 31.2 Å². The molecule has 0 unspecified atom stereocenters. The molecule has 0 radical (unpaired) electrons. The lowest BCUT2D eigenvalue weighted by molar-refractivity contribution is -0.147.